The van der Waals surface area contributed by atoms with E-state index in [-0.39, 0.29) is 24.2 Å². The lowest BCUT2D eigenvalue weighted by Crippen LogP contribution is -2.27. The molecule has 0 bridgehead atoms. The van der Waals surface area contributed by atoms with Gasteiger partial charge in [-0.15, -0.1) is 0 Å². The van der Waals surface area contributed by atoms with Crippen molar-refractivity contribution in [2.75, 3.05) is 13.2 Å². The smallest absolute Gasteiger partial charge is 0.339 e. The molecule has 176 valence electrons. The van der Waals surface area contributed by atoms with Crippen LogP contribution in [0, 0.1) is 0 Å². The van der Waals surface area contributed by atoms with Gasteiger partial charge in [-0.2, -0.15) is 8.42 Å². The standard InChI is InChI=1S/C23H36O7S/c1-3-5-6-7-8-9-10-11-14-17-29-22(24)20-15-12-13-16-21(20)23(25)30-18-19(4-2)31(26,27)28/h12-13,15-16,19H,3-11,14,17-18H2,1-2H3,(H,26,27,28). The number of esters is 2. The lowest BCUT2D eigenvalue weighted by molar-refractivity contribution is 0.0452. The maximum absolute atomic E-state index is 12.4. The van der Waals surface area contributed by atoms with E-state index in [4.69, 9.17) is 14.0 Å². The molecule has 8 heteroatoms. The molecule has 1 N–H and O–H groups in total. The summed E-state index contributed by atoms with van der Waals surface area (Å²) < 4.78 is 41.9. The van der Waals surface area contributed by atoms with Gasteiger partial charge in [0.15, 0.2) is 0 Å². The lowest BCUT2D eigenvalue weighted by atomic mass is 10.1. The molecule has 31 heavy (non-hydrogen) atoms. The third-order valence-electron chi connectivity index (χ3n) is 5.12. The molecule has 0 heterocycles. The molecule has 0 amide bonds. The first-order valence-corrected chi connectivity index (χ1v) is 12.7. The zero-order valence-corrected chi connectivity index (χ0v) is 19.5. The van der Waals surface area contributed by atoms with Gasteiger partial charge in [-0.25, -0.2) is 9.59 Å². The quantitative estimate of drug-likeness (QED) is 0.207. The van der Waals surface area contributed by atoms with Crippen LogP contribution in [0.5, 0.6) is 0 Å². The number of carbonyl (C=O) groups excluding carboxylic acids is 2. The Balaban J connectivity index is 2.44. The molecule has 7 nitrogen and oxygen atoms in total. The highest BCUT2D eigenvalue weighted by Crippen LogP contribution is 2.15. The van der Waals surface area contributed by atoms with E-state index in [9.17, 15) is 18.0 Å². The summed E-state index contributed by atoms with van der Waals surface area (Å²) in [6, 6.07) is 6.08. The first-order valence-electron chi connectivity index (χ1n) is 11.2. The average molecular weight is 457 g/mol. The van der Waals surface area contributed by atoms with E-state index in [2.05, 4.69) is 6.92 Å². The highest BCUT2D eigenvalue weighted by molar-refractivity contribution is 7.86. The Morgan fingerprint density at radius 3 is 1.81 bits per heavy atom. The second kappa shape index (κ2) is 15.0. The van der Waals surface area contributed by atoms with Crippen LogP contribution in [0.25, 0.3) is 0 Å². The number of ether oxygens (including phenoxy) is 2. The Morgan fingerprint density at radius 1 is 0.839 bits per heavy atom. The predicted molar refractivity (Wildman–Crippen MR) is 120 cm³/mol. The summed E-state index contributed by atoms with van der Waals surface area (Å²) >= 11 is 0. The number of carbonyl (C=O) groups is 2. The van der Waals surface area contributed by atoms with E-state index in [1.54, 1.807) is 19.1 Å². The minimum absolute atomic E-state index is 0.00442. The summed E-state index contributed by atoms with van der Waals surface area (Å²) in [6.45, 7) is 3.55. The Labute approximate surface area is 186 Å². The Hall–Kier alpha value is -1.93. The predicted octanol–water partition coefficient (Wildman–Crippen LogP) is 5.20. The highest BCUT2D eigenvalue weighted by atomic mass is 32.2. The van der Waals surface area contributed by atoms with E-state index < -0.39 is 33.9 Å². The molecule has 1 aromatic rings. The van der Waals surface area contributed by atoms with Gasteiger partial charge in [0.2, 0.25) is 0 Å². The molecule has 0 saturated heterocycles. The summed E-state index contributed by atoms with van der Waals surface area (Å²) in [5.41, 5.74) is 0.0769. The van der Waals surface area contributed by atoms with Crippen LogP contribution in [0.1, 0.15) is 98.8 Å². The summed E-state index contributed by atoms with van der Waals surface area (Å²) in [5.74, 6) is -1.45. The van der Waals surface area contributed by atoms with Crippen molar-refractivity contribution in [3.63, 3.8) is 0 Å². The summed E-state index contributed by atoms with van der Waals surface area (Å²) in [6.07, 6.45) is 10.5. The summed E-state index contributed by atoms with van der Waals surface area (Å²) in [4.78, 5) is 24.7. The molecule has 0 saturated carbocycles. The fourth-order valence-corrected chi connectivity index (χ4v) is 3.82. The SMILES string of the molecule is CCCCCCCCCCCOC(=O)c1ccccc1C(=O)OCC(CC)S(=O)(=O)O. The van der Waals surface area contributed by atoms with Crippen LogP contribution in [-0.2, 0) is 19.6 Å². The van der Waals surface area contributed by atoms with Crippen LogP contribution < -0.4 is 0 Å². The van der Waals surface area contributed by atoms with Crippen molar-refractivity contribution in [1.82, 2.24) is 0 Å². The van der Waals surface area contributed by atoms with Gasteiger partial charge < -0.3 is 9.47 Å². The normalized spacial score (nSPS) is 12.4. The van der Waals surface area contributed by atoms with E-state index in [1.165, 1.54) is 50.7 Å². The third kappa shape index (κ3) is 10.8. The van der Waals surface area contributed by atoms with Crippen molar-refractivity contribution in [1.29, 1.82) is 0 Å². The topological polar surface area (TPSA) is 107 Å². The van der Waals surface area contributed by atoms with Gasteiger partial charge in [-0.05, 0) is 25.0 Å². The van der Waals surface area contributed by atoms with E-state index in [1.807, 2.05) is 0 Å². The fraction of sp³-hybridized carbons (Fsp3) is 0.652. The minimum atomic E-state index is -4.32. The Kier molecular flexibility index (Phi) is 13.1. The van der Waals surface area contributed by atoms with Crippen molar-refractivity contribution < 1.29 is 32.0 Å². The van der Waals surface area contributed by atoms with Crippen LogP contribution >= 0.6 is 0 Å². The molecule has 0 spiro atoms. The first kappa shape index (κ1) is 27.1. The maximum Gasteiger partial charge on any atom is 0.339 e. The molecule has 1 atom stereocenters. The van der Waals surface area contributed by atoms with Gasteiger partial charge in [0.05, 0.1) is 17.7 Å². The van der Waals surface area contributed by atoms with Crippen LogP contribution in [0.15, 0.2) is 24.3 Å². The van der Waals surface area contributed by atoms with E-state index in [0.29, 0.717) is 0 Å². The van der Waals surface area contributed by atoms with Gasteiger partial charge in [0.25, 0.3) is 10.1 Å². The number of hydrogen-bond acceptors (Lipinski definition) is 6. The van der Waals surface area contributed by atoms with Gasteiger partial charge in [-0.3, -0.25) is 4.55 Å². The van der Waals surface area contributed by atoms with Crippen molar-refractivity contribution >= 4 is 22.1 Å². The van der Waals surface area contributed by atoms with Crippen LogP contribution in [-0.4, -0.2) is 43.4 Å². The number of benzene rings is 1. The van der Waals surface area contributed by atoms with Crippen LogP contribution in [0.4, 0.5) is 0 Å². The molecule has 0 aliphatic rings. The van der Waals surface area contributed by atoms with E-state index >= 15 is 0 Å². The zero-order valence-electron chi connectivity index (χ0n) is 18.7. The van der Waals surface area contributed by atoms with Gasteiger partial charge in [0, 0.05) is 0 Å². The highest BCUT2D eigenvalue weighted by Gasteiger charge is 2.25. The molecule has 0 aliphatic carbocycles. The van der Waals surface area contributed by atoms with Crippen LogP contribution in [0.2, 0.25) is 0 Å². The minimum Gasteiger partial charge on any atom is -0.462 e. The van der Waals surface area contributed by atoms with Crippen LogP contribution in [0.3, 0.4) is 0 Å². The Morgan fingerprint density at radius 2 is 1.32 bits per heavy atom. The largest absolute Gasteiger partial charge is 0.462 e. The number of unbranched alkanes of at least 4 members (excludes halogenated alkanes) is 8. The lowest BCUT2D eigenvalue weighted by Gasteiger charge is -2.13. The molecule has 0 radical (unpaired) electrons. The summed E-state index contributed by atoms with van der Waals surface area (Å²) in [7, 11) is -4.32. The molecule has 0 aromatic heterocycles. The molecular formula is C23H36O7S. The van der Waals surface area contributed by atoms with Crippen molar-refractivity contribution in [2.45, 2.75) is 83.3 Å². The zero-order chi connectivity index (χ0) is 23.1. The van der Waals surface area contributed by atoms with Gasteiger partial charge >= 0.3 is 11.9 Å². The van der Waals surface area contributed by atoms with Crippen molar-refractivity contribution in [3.8, 4) is 0 Å². The second-order valence-electron chi connectivity index (χ2n) is 7.65. The first-order chi connectivity index (χ1) is 14.8. The Bertz CT molecular complexity index is 774. The molecule has 1 rings (SSSR count). The fourth-order valence-electron chi connectivity index (χ4n) is 3.16. The molecule has 0 fully saturated rings. The van der Waals surface area contributed by atoms with E-state index in [0.717, 1.165) is 19.3 Å². The van der Waals surface area contributed by atoms with Gasteiger partial charge in [-0.1, -0.05) is 77.3 Å². The number of hydrogen-bond donors (Lipinski definition) is 1. The van der Waals surface area contributed by atoms with Crippen molar-refractivity contribution in [3.05, 3.63) is 35.4 Å². The monoisotopic (exact) mass is 456 g/mol. The molecule has 0 aliphatic heterocycles. The van der Waals surface area contributed by atoms with Gasteiger partial charge in [0.1, 0.15) is 11.9 Å². The molecule has 1 unspecified atom stereocenters. The number of rotatable bonds is 16. The van der Waals surface area contributed by atoms with Crippen molar-refractivity contribution in [2.24, 2.45) is 0 Å². The molecule has 1 aromatic carbocycles. The maximum atomic E-state index is 12.4. The molecular weight excluding hydrogens is 420 g/mol. The average Bonchev–Trinajstić information content (AvgIpc) is 2.74. The summed E-state index contributed by atoms with van der Waals surface area (Å²) in [5, 5.41) is -1.21. The second-order valence-corrected chi connectivity index (χ2v) is 9.35. The third-order valence-corrected chi connectivity index (χ3v) is 6.44.